The molecule has 7 nitrogen and oxygen atoms in total. The molecule has 196 valence electrons. The van der Waals surface area contributed by atoms with Gasteiger partial charge in [-0.05, 0) is 73.9 Å². The Morgan fingerprint density at radius 1 is 1.00 bits per heavy atom. The molecule has 2 aromatic heterocycles. The maximum Gasteiger partial charge on any atom is 0.296 e. The largest absolute Gasteiger partial charge is 0.490 e. The van der Waals surface area contributed by atoms with E-state index >= 15 is 0 Å². The van der Waals surface area contributed by atoms with Crippen molar-refractivity contribution in [3.63, 3.8) is 0 Å². The highest BCUT2D eigenvalue weighted by molar-refractivity contribution is 6.10. The van der Waals surface area contributed by atoms with Crippen molar-refractivity contribution in [3.8, 4) is 11.5 Å². The maximum atomic E-state index is 14.1. The molecule has 38 heavy (non-hydrogen) atoms. The van der Waals surface area contributed by atoms with Crippen LogP contribution in [0.25, 0.3) is 11.0 Å². The zero-order valence-electron chi connectivity index (χ0n) is 21.6. The topological polar surface area (TPSA) is 81.9 Å². The van der Waals surface area contributed by atoms with Gasteiger partial charge in [0, 0.05) is 6.20 Å². The predicted octanol–water partition coefficient (Wildman–Crippen LogP) is 6.35. The van der Waals surface area contributed by atoms with E-state index in [0.717, 1.165) is 30.9 Å². The Morgan fingerprint density at radius 2 is 1.84 bits per heavy atom. The Labute approximate surface area is 219 Å². The number of rotatable bonds is 9. The maximum absolute atomic E-state index is 14.1. The van der Waals surface area contributed by atoms with Gasteiger partial charge in [-0.25, -0.2) is 9.37 Å². The van der Waals surface area contributed by atoms with Crippen LogP contribution >= 0.6 is 0 Å². The number of amides is 1. The first-order chi connectivity index (χ1) is 18.4. The van der Waals surface area contributed by atoms with E-state index in [1.165, 1.54) is 17.0 Å². The van der Waals surface area contributed by atoms with Crippen LogP contribution in [0.3, 0.4) is 0 Å². The number of halogens is 1. The molecule has 0 aliphatic carbocycles. The number of nitrogens with zero attached hydrogens (tertiary/aromatic N) is 2. The van der Waals surface area contributed by atoms with Crippen LogP contribution in [0.1, 0.15) is 66.4 Å². The number of unbranched alkanes of at least 4 members (excludes halogenated alkanes) is 2. The van der Waals surface area contributed by atoms with Gasteiger partial charge in [-0.15, -0.1) is 0 Å². The lowest BCUT2D eigenvalue weighted by Gasteiger charge is -2.25. The third-order valence-electron chi connectivity index (χ3n) is 6.57. The zero-order valence-corrected chi connectivity index (χ0v) is 21.6. The van der Waals surface area contributed by atoms with E-state index in [9.17, 15) is 14.0 Å². The molecule has 0 bridgehead atoms. The molecule has 0 spiro atoms. The van der Waals surface area contributed by atoms with Crippen LogP contribution in [0, 0.1) is 12.7 Å². The SMILES string of the molecule is CCCCCOc1ccc(C2c3c(oc4ccc(F)cc4c3=O)C(=O)N2c2cc(C)ccn2)cc1OCC. The molecule has 3 heterocycles. The second-order valence-corrected chi connectivity index (χ2v) is 9.28. The zero-order chi connectivity index (χ0) is 26.8. The van der Waals surface area contributed by atoms with Gasteiger partial charge in [0.2, 0.25) is 5.76 Å². The van der Waals surface area contributed by atoms with E-state index in [2.05, 4.69) is 11.9 Å². The van der Waals surface area contributed by atoms with Gasteiger partial charge in [0.25, 0.3) is 5.91 Å². The van der Waals surface area contributed by atoms with E-state index in [1.54, 1.807) is 24.4 Å². The summed E-state index contributed by atoms with van der Waals surface area (Å²) in [5, 5.41) is 0.0708. The fourth-order valence-corrected chi connectivity index (χ4v) is 4.77. The van der Waals surface area contributed by atoms with Gasteiger partial charge in [0.05, 0.1) is 30.2 Å². The normalized spacial score (nSPS) is 14.7. The Kier molecular flexibility index (Phi) is 7.13. The van der Waals surface area contributed by atoms with E-state index in [1.807, 2.05) is 26.0 Å². The highest BCUT2D eigenvalue weighted by Crippen LogP contribution is 2.43. The minimum Gasteiger partial charge on any atom is -0.490 e. The van der Waals surface area contributed by atoms with Crippen LogP contribution in [0.15, 0.2) is 63.9 Å². The molecule has 1 atom stereocenters. The quantitative estimate of drug-likeness (QED) is 0.241. The summed E-state index contributed by atoms with van der Waals surface area (Å²) in [5.74, 6) is 0.328. The fraction of sp³-hybridized carbons (Fsp3) is 0.300. The fourth-order valence-electron chi connectivity index (χ4n) is 4.77. The number of fused-ring (bicyclic) bond motifs is 2. The molecule has 0 N–H and O–H groups in total. The number of carbonyl (C=O) groups is 1. The van der Waals surface area contributed by atoms with Crippen molar-refractivity contribution in [2.24, 2.45) is 0 Å². The lowest BCUT2D eigenvalue weighted by atomic mass is 9.98. The van der Waals surface area contributed by atoms with Crippen LogP contribution in [0.5, 0.6) is 11.5 Å². The standard InChI is InChI=1S/C30H29FN2O5/c1-4-6-7-14-37-23-10-8-19(16-24(23)36-5-2)27-26-28(34)21-17-20(31)9-11-22(21)38-29(26)30(35)33(27)25-15-18(3)12-13-32-25/h8-13,15-17,27H,4-7,14H2,1-3H3. The minimum absolute atomic E-state index is 0.0708. The number of anilines is 1. The van der Waals surface area contributed by atoms with E-state index < -0.39 is 23.2 Å². The van der Waals surface area contributed by atoms with Crippen LogP contribution < -0.4 is 19.8 Å². The first-order valence-electron chi connectivity index (χ1n) is 12.8. The number of hydrogen-bond acceptors (Lipinski definition) is 6. The predicted molar refractivity (Wildman–Crippen MR) is 143 cm³/mol. The van der Waals surface area contributed by atoms with Gasteiger partial charge in [-0.2, -0.15) is 0 Å². The molecule has 0 saturated carbocycles. The molecule has 5 rings (SSSR count). The summed E-state index contributed by atoms with van der Waals surface area (Å²) in [4.78, 5) is 33.4. The molecule has 8 heteroatoms. The summed E-state index contributed by atoms with van der Waals surface area (Å²) in [6, 6.07) is 11.8. The average Bonchev–Trinajstić information content (AvgIpc) is 3.20. The van der Waals surface area contributed by atoms with Gasteiger partial charge in [-0.3, -0.25) is 14.5 Å². The highest BCUT2D eigenvalue weighted by atomic mass is 19.1. The Balaban J connectivity index is 1.68. The molecular weight excluding hydrogens is 487 g/mol. The molecule has 2 aromatic carbocycles. The third-order valence-corrected chi connectivity index (χ3v) is 6.57. The van der Waals surface area contributed by atoms with Crippen LogP contribution in [0.2, 0.25) is 0 Å². The van der Waals surface area contributed by atoms with Crippen molar-refractivity contribution in [2.75, 3.05) is 18.1 Å². The van der Waals surface area contributed by atoms with Crippen LogP contribution in [-0.2, 0) is 0 Å². The molecule has 0 radical (unpaired) electrons. The van der Waals surface area contributed by atoms with Crippen molar-refractivity contribution >= 4 is 22.7 Å². The van der Waals surface area contributed by atoms with E-state index in [0.29, 0.717) is 36.1 Å². The Bertz CT molecular complexity index is 1560. The van der Waals surface area contributed by atoms with E-state index in [4.69, 9.17) is 13.9 Å². The molecule has 4 aromatic rings. The number of hydrogen-bond donors (Lipinski definition) is 0. The summed E-state index contributed by atoms with van der Waals surface area (Å²) in [7, 11) is 0. The number of carbonyl (C=O) groups excluding carboxylic acids is 1. The minimum atomic E-state index is -0.857. The van der Waals surface area contributed by atoms with Crippen LogP contribution in [0.4, 0.5) is 10.2 Å². The lowest BCUT2D eigenvalue weighted by molar-refractivity contribution is 0.0970. The molecule has 1 unspecified atom stereocenters. The summed E-state index contributed by atoms with van der Waals surface area (Å²) in [6.07, 6.45) is 4.68. The molecular formula is C30H29FN2O5. The van der Waals surface area contributed by atoms with Crippen molar-refractivity contribution in [2.45, 2.75) is 46.1 Å². The number of aromatic nitrogens is 1. The molecule has 0 fully saturated rings. The smallest absolute Gasteiger partial charge is 0.296 e. The summed E-state index contributed by atoms with van der Waals surface area (Å²) in [5.41, 5.74) is 1.33. The first kappa shape index (κ1) is 25.4. The summed E-state index contributed by atoms with van der Waals surface area (Å²) < 4.78 is 31.9. The average molecular weight is 517 g/mol. The Hall–Kier alpha value is -4.20. The van der Waals surface area contributed by atoms with Gasteiger partial charge >= 0.3 is 0 Å². The van der Waals surface area contributed by atoms with Crippen molar-refractivity contribution < 1.29 is 23.1 Å². The highest BCUT2D eigenvalue weighted by Gasteiger charge is 2.44. The lowest BCUT2D eigenvalue weighted by Crippen LogP contribution is -2.30. The number of pyridine rings is 1. The van der Waals surface area contributed by atoms with Gasteiger partial charge in [0.1, 0.15) is 17.2 Å². The number of benzene rings is 2. The van der Waals surface area contributed by atoms with Crippen molar-refractivity contribution in [1.82, 2.24) is 4.98 Å². The number of aryl methyl sites for hydroxylation is 1. The van der Waals surface area contributed by atoms with Gasteiger partial charge < -0.3 is 13.9 Å². The second kappa shape index (κ2) is 10.7. The molecule has 1 aliphatic heterocycles. The number of ether oxygens (including phenoxy) is 2. The van der Waals surface area contributed by atoms with Gasteiger partial charge in [-0.1, -0.05) is 25.8 Å². The molecule has 0 saturated heterocycles. The first-order valence-corrected chi connectivity index (χ1v) is 12.8. The van der Waals surface area contributed by atoms with Gasteiger partial charge in [0.15, 0.2) is 16.9 Å². The van der Waals surface area contributed by atoms with Crippen molar-refractivity contribution in [3.05, 3.63) is 93.2 Å². The second-order valence-electron chi connectivity index (χ2n) is 9.28. The van der Waals surface area contributed by atoms with Crippen LogP contribution in [-0.4, -0.2) is 24.1 Å². The third kappa shape index (κ3) is 4.62. The monoisotopic (exact) mass is 516 g/mol. The summed E-state index contributed by atoms with van der Waals surface area (Å²) >= 11 is 0. The Morgan fingerprint density at radius 3 is 2.61 bits per heavy atom. The van der Waals surface area contributed by atoms with E-state index in [-0.39, 0.29) is 22.3 Å². The molecule has 1 aliphatic rings. The van der Waals surface area contributed by atoms with Crippen molar-refractivity contribution in [1.29, 1.82) is 0 Å². The molecule has 1 amide bonds. The summed E-state index contributed by atoms with van der Waals surface area (Å²) in [6.45, 7) is 6.86.